The second-order valence-corrected chi connectivity index (χ2v) is 7.26. The van der Waals surface area contributed by atoms with Crippen molar-refractivity contribution < 1.29 is 0 Å². The van der Waals surface area contributed by atoms with Crippen molar-refractivity contribution in [3.05, 3.63) is 35.4 Å². The maximum absolute atomic E-state index is 5.04. The topological polar surface area (TPSA) is 24.4 Å². The first-order valence-electron chi connectivity index (χ1n) is 7.79. The molecule has 3 rings (SSSR count). The van der Waals surface area contributed by atoms with E-state index in [-0.39, 0.29) is 0 Å². The smallest absolute Gasteiger partial charge is 0.157 e. The molecule has 2 atom stereocenters. The molecule has 1 heterocycles. The van der Waals surface area contributed by atoms with E-state index in [0.717, 1.165) is 5.17 Å². The second kappa shape index (κ2) is 6.21. The Morgan fingerprint density at radius 1 is 1.25 bits per heavy atom. The van der Waals surface area contributed by atoms with E-state index < -0.39 is 0 Å². The lowest BCUT2D eigenvalue weighted by Gasteiger charge is -2.30. The molecular weight excluding hydrogens is 264 g/mol. The molecule has 1 saturated heterocycles. The molecule has 2 nitrogen and oxygen atoms in total. The van der Waals surface area contributed by atoms with E-state index in [9.17, 15) is 0 Å². The fraction of sp³-hybridized carbons (Fsp3) is 0.588. The molecule has 0 aromatic heterocycles. The van der Waals surface area contributed by atoms with Gasteiger partial charge in [-0.3, -0.25) is 4.99 Å². The minimum absolute atomic E-state index is 0.362. The Hall–Kier alpha value is -0.960. The third kappa shape index (κ3) is 3.03. The van der Waals surface area contributed by atoms with E-state index >= 15 is 0 Å². The van der Waals surface area contributed by atoms with Crippen LogP contribution in [0.4, 0.5) is 0 Å². The fourth-order valence-electron chi connectivity index (χ4n) is 3.13. The number of fused-ring (bicyclic) bond motifs is 1. The molecule has 1 aromatic rings. The van der Waals surface area contributed by atoms with E-state index in [0.29, 0.717) is 18.0 Å². The number of rotatable bonds is 2. The van der Waals surface area contributed by atoms with E-state index in [1.165, 1.54) is 42.6 Å². The van der Waals surface area contributed by atoms with Crippen LogP contribution in [0.1, 0.15) is 50.3 Å². The highest BCUT2D eigenvalue weighted by atomic mass is 32.2. The van der Waals surface area contributed by atoms with Crippen LogP contribution in [0.25, 0.3) is 0 Å². The highest BCUT2D eigenvalue weighted by molar-refractivity contribution is 8.13. The molecule has 0 saturated carbocycles. The van der Waals surface area contributed by atoms with Gasteiger partial charge in [-0.25, -0.2) is 0 Å². The van der Waals surface area contributed by atoms with Crippen molar-refractivity contribution in [1.82, 2.24) is 5.32 Å². The summed E-state index contributed by atoms with van der Waals surface area (Å²) in [5.74, 6) is 1.88. The Morgan fingerprint density at radius 3 is 2.95 bits per heavy atom. The number of aliphatic imine (C=N–C) groups is 1. The van der Waals surface area contributed by atoms with Crippen LogP contribution < -0.4 is 5.32 Å². The van der Waals surface area contributed by atoms with Crippen LogP contribution in [0.15, 0.2) is 29.3 Å². The van der Waals surface area contributed by atoms with Gasteiger partial charge in [-0.2, -0.15) is 0 Å². The first kappa shape index (κ1) is 14.0. The van der Waals surface area contributed by atoms with Gasteiger partial charge in [0.2, 0.25) is 0 Å². The van der Waals surface area contributed by atoms with Gasteiger partial charge in [0.25, 0.3) is 0 Å². The van der Waals surface area contributed by atoms with Gasteiger partial charge >= 0.3 is 0 Å². The molecule has 1 aliphatic heterocycles. The van der Waals surface area contributed by atoms with Crippen LogP contribution in [-0.4, -0.2) is 17.0 Å². The average molecular weight is 288 g/mol. The third-order valence-corrected chi connectivity index (χ3v) is 5.33. The lowest BCUT2D eigenvalue weighted by molar-refractivity contribution is 0.440. The van der Waals surface area contributed by atoms with Crippen molar-refractivity contribution in [2.45, 2.75) is 51.6 Å². The zero-order valence-corrected chi connectivity index (χ0v) is 13.2. The SMILES string of the molecule is CC(C)C1CCSC(=NC2CCCc3ccccc32)N1. The standard InChI is InChI=1S/C17H24N2S/c1-12(2)15-10-11-20-17(18-15)19-16-9-5-7-13-6-3-4-8-14(13)16/h3-4,6,8,12,15-16H,5,7,9-11H2,1-2H3,(H,18,19). The summed E-state index contributed by atoms with van der Waals surface area (Å²) in [6, 6.07) is 9.78. The van der Waals surface area contributed by atoms with Crippen molar-refractivity contribution in [1.29, 1.82) is 0 Å². The number of aryl methyl sites for hydroxylation is 1. The van der Waals surface area contributed by atoms with Gasteiger partial charge in [-0.05, 0) is 42.7 Å². The van der Waals surface area contributed by atoms with Crippen molar-refractivity contribution in [3.8, 4) is 0 Å². The monoisotopic (exact) mass is 288 g/mol. The van der Waals surface area contributed by atoms with Gasteiger partial charge in [0.05, 0.1) is 6.04 Å². The van der Waals surface area contributed by atoms with Gasteiger partial charge < -0.3 is 5.32 Å². The van der Waals surface area contributed by atoms with Crippen LogP contribution in [0.2, 0.25) is 0 Å². The van der Waals surface area contributed by atoms with Crippen molar-refractivity contribution in [2.75, 3.05) is 5.75 Å². The molecule has 2 aliphatic rings. The maximum Gasteiger partial charge on any atom is 0.157 e. The average Bonchev–Trinajstić information content (AvgIpc) is 2.48. The Balaban J connectivity index is 1.79. The minimum atomic E-state index is 0.362. The minimum Gasteiger partial charge on any atom is -0.362 e. The summed E-state index contributed by atoms with van der Waals surface area (Å²) in [6.45, 7) is 4.59. The Labute approximate surface area is 126 Å². The number of benzene rings is 1. The summed E-state index contributed by atoms with van der Waals surface area (Å²) in [4.78, 5) is 5.04. The molecule has 20 heavy (non-hydrogen) atoms. The molecular formula is C17H24N2S. The van der Waals surface area contributed by atoms with Gasteiger partial charge in [0.1, 0.15) is 0 Å². The number of amidine groups is 1. The van der Waals surface area contributed by atoms with Gasteiger partial charge in [0.15, 0.2) is 5.17 Å². The first-order valence-corrected chi connectivity index (χ1v) is 8.77. The molecule has 0 spiro atoms. The Morgan fingerprint density at radius 2 is 2.10 bits per heavy atom. The quantitative estimate of drug-likeness (QED) is 0.883. The van der Waals surface area contributed by atoms with Crippen LogP contribution in [0.5, 0.6) is 0 Å². The summed E-state index contributed by atoms with van der Waals surface area (Å²) in [5, 5.41) is 4.81. The Bertz CT molecular complexity index is 496. The summed E-state index contributed by atoms with van der Waals surface area (Å²) in [5.41, 5.74) is 2.94. The molecule has 1 N–H and O–H groups in total. The van der Waals surface area contributed by atoms with E-state index in [2.05, 4.69) is 43.4 Å². The number of nitrogens with zero attached hydrogens (tertiary/aromatic N) is 1. The predicted molar refractivity (Wildman–Crippen MR) is 88.4 cm³/mol. The maximum atomic E-state index is 5.04. The molecule has 3 heteroatoms. The lowest BCUT2D eigenvalue weighted by atomic mass is 9.88. The number of thioether (sulfide) groups is 1. The van der Waals surface area contributed by atoms with Crippen LogP contribution in [0.3, 0.4) is 0 Å². The molecule has 1 fully saturated rings. The molecule has 2 unspecified atom stereocenters. The Kier molecular flexibility index (Phi) is 4.35. The normalized spacial score (nSPS) is 28.2. The molecule has 0 radical (unpaired) electrons. The third-order valence-electron chi connectivity index (χ3n) is 4.39. The molecule has 1 aliphatic carbocycles. The van der Waals surface area contributed by atoms with Gasteiger partial charge in [0, 0.05) is 11.8 Å². The number of hydrogen-bond donors (Lipinski definition) is 1. The van der Waals surface area contributed by atoms with Gasteiger partial charge in [-0.15, -0.1) is 0 Å². The summed E-state index contributed by atoms with van der Waals surface area (Å²) >= 11 is 1.89. The zero-order valence-electron chi connectivity index (χ0n) is 12.4. The van der Waals surface area contributed by atoms with Crippen LogP contribution in [-0.2, 0) is 6.42 Å². The highest BCUT2D eigenvalue weighted by Gasteiger charge is 2.23. The summed E-state index contributed by atoms with van der Waals surface area (Å²) in [6.07, 6.45) is 4.92. The second-order valence-electron chi connectivity index (χ2n) is 6.17. The summed E-state index contributed by atoms with van der Waals surface area (Å²) in [7, 11) is 0. The molecule has 0 amide bonds. The van der Waals surface area contributed by atoms with E-state index in [4.69, 9.17) is 4.99 Å². The number of hydrogen-bond acceptors (Lipinski definition) is 2. The zero-order chi connectivity index (χ0) is 13.9. The first-order chi connectivity index (χ1) is 9.74. The van der Waals surface area contributed by atoms with Crippen LogP contribution in [0, 0.1) is 5.92 Å². The number of nitrogens with one attached hydrogen (secondary N) is 1. The molecule has 108 valence electrons. The highest BCUT2D eigenvalue weighted by Crippen LogP contribution is 2.33. The van der Waals surface area contributed by atoms with E-state index in [1.54, 1.807) is 0 Å². The van der Waals surface area contributed by atoms with Crippen molar-refractivity contribution in [2.24, 2.45) is 10.9 Å². The van der Waals surface area contributed by atoms with Crippen molar-refractivity contribution >= 4 is 16.9 Å². The largest absolute Gasteiger partial charge is 0.362 e. The predicted octanol–water partition coefficient (Wildman–Crippen LogP) is 4.17. The fourth-order valence-corrected chi connectivity index (χ4v) is 4.14. The summed E-state index contributed by atoms with van der Waals surface area (Å²) < 4.78 is 0. The van der Waals surface area contributed by atoms with Crippen LogP contribution >= 0.6 is 11.8 Å². The van der Waals surface area contributed by atoms with E-state index in [1.807, 2.05) is 11.8 Å². The molecule has 1 aromatic carbocycles. The van der Waals surface area contributed by atoms with Crippen molar-refractivity contribution in [3.63, 3.8) is 0 Å². The van der Waals surface area contributed by atoms with Gasteiger partial charge in [-0.1, -0.05) is 49.9 Å². The molecule has 0 bridgehead atoms. The lowest BCUT2D eigenvalue weighted by Crippen LogP contribution is -2.41.